The second kappa shape index (κ2) is 7.44. The van der Waals surface area contributed by atoms with E-state index in [9.17, 15) is 9.59 Å². The Bertz CT molecular complexity index is 844. The topological polar surface area (TPSA) is 66.1 Å². The number of hydrogen-bond donors (Lipinski definition) is 1. The molecule has 0 bridgehead atoms. The summed E-state index contributed by atoms with van der Waals surface area (Å²) in [4.78, 5) is 34.4. The Hall–Kier alpha value is -2.43. The highest BCUT2D eigenvalue weighted by Crippen LogP contribution is 2.23. The minimum Gasteiger partial charge on any atom is -0.338 e. The van der Waals surface area contributed by atoms with Crippen molar-refractivity contribution in [3.63, 3.8) is 0 Å². The van der Waals surface area contributed by atoms with Gasteiger partial charge in [-0.1, -0.05) is 6.07 Å². The van der Waals surface area contributed by atoms with E-state index in [1.165, 1.54) is 5.56 Å². The summed E-state index contributed by atoms with van der Waals surface area (Å²) in [6.45, 7) is 1.45. The van der Waals surface area contributed by atoms with Crippen LogP contribution in [0.2, 0.25) is 0 Å². The maximum absolute atomic E-state index is 13.0. The zero-order valence-corrected chi connectivity index (χ0v) is 15.0. The molecule has 1 aliphatic carbocycles. The third-order valence-corrected chi connectivity index (χ3v) is 5.62. The average molecular weight is 351 g/mol. The van der Waals surface area contributed by atoms with Crippen LogP contribution in [-0.2, 0) is 19.3 Å². The molecule has 1 fully saturated rings. The van der Waals surface area contributed by atoms with Crippen molar-refractivity contribution in [2.75, 3.05) is 13.1 Å². The minimum atomic E-state index is -0.231. The van der Waals surface area contributed by atoms with Crippen molar-refractivity contribution in [3.8, 4) is 0 Å². The first-order valence-corrected chi connectivity index (χ1v) is 9.64. The van der Waals surface area contributed by atoms with Gasteiger partial charge in [-0.2, -0.15) is 0 Å². The zero-order chi connectivity index (χ0) is 17.9. The van der Waals surface area contributed by atoms with Crippen LogP contribution < -0.4 is 5.56 Å². The average Bonchev–Trinajstić information content (AvgIpc) is 2.68. The van der Waals surface area contributed by atoms with E-state index in [1.807, 2.05) is 23.2 Å². The molecule has 5 nitrogen and oxygen atoms in total. The quantitative estimate of drug-likeness (QED) is 0.925. The second-order valence-corrected chi connectivity index (χ2v) is 7.55. The van der Waals surface area contributed by atoms with E-state index in [1.54, 1.807) is 6.20 Å². The molecule has 1 amide bonds. The number of piperidine rings is 1. The van der Waals surface area contributed by atoms with Gasteiger partial charge in [0.25, 0.3) is 11.5 Å². The maximum atomic E-state index is 13.0. The summed E-state index contributed by atoms with van der Waals surface area (Å²) in [6, 6.07) is 5.89. The monoisotopic (exact) mass is 351 g/mol. The Balaban J connectivity index is 1.50. The third kappa shape index (κ3) is 3.57. The van der Waals surface area contributed by atoms with Crippen molar-refractivity contribution < 1.29 is 4.79 Å². The molecule has 2 aromatic rings. The van der Waals surface area contributed by atoms with Crippen LogP contribution in [0.15, 0.2) is 35.4 Å². The Morgan fingerprint density at radius 1 is 1.27 bits per heavy atom. The first-order chi connectivity index (χ1) is 12.7. The van der Waals surface area contributed by atoms with Crippen molar-refractivity contribution in [1.29, 1.82) is 0 Å². The first-order valence-electron chi connectivity index (χ1n) is 9.64. The number of hydrogen-bond acceptors (Lipinski definition) is 3. The number of H-pyrrole nitrogens is 1. The summed E-state index contributed by atoms with van der Waals surface area (Å²) in [7, 11) is 0. The molecule has 26 heavy (non-hydrogen) atoms. The number of pyridine rings is 2. The molecule has 4 rings (SSSR count). The first kappa shape index (κ1) is 17.0. The molecule has 1 aliphatic heterocycles. The maximum Gasteiger partial charge on any atom is 0.261 e. The number of carbonyl (C=O) groups excluding carboxylic acids is 1. The predicted octanol–water partition coefficient (Wildman–Crippen LogP) is 2.74. The number of rotatable bonds is 3. The van der Waals surface area contributed by atoms with Crippen LogP contribution in [0, 0.1) is 5.92 Å². The van der Waals surface area contributed by atoms with E-state index >= 15 is 0 Å². The lowest BCUT2D eigenvalue weighted by atomic mass is 9.91. The van der Waals surface area contributed by atoms with Crippen molar-refractivity contribution in [3.05, 3.63) is 63.3 Å². The fourth-order valence-electron chi connectivity index (χ4n) is 4.27. The number of nitrogens with zero attached hydrogens (tertiary/aromatic N) is 2. The lowest BCUT2D eigenvalue weighted by Gasteiger charge is -2.33. The molecule has 1 N–H and O–H groups in total. The number of carbonyl (C=O) groups is 1. The summed E-state index contributed by atoms with van der Waals surface area (Å²) in [5.41, 5.74) is 3.45. The van der Waals surface area contributed by atoms with Gasteiger partial charge in [0.05, 0.1) is 0 Å². The van der Waals surface area contributed by atoms with Crippen LogP contribution in [0.5, 0.6) is 0 Å². The van der Waals surface area contributed by atoms with Gasteiger partial charge in [-0.15, -0.1) is 0 Å². The molecule has 136 valence electrons. The van der Waals surface area contributed by atoms with E-state index in [0.717, 1.165) is 62.7 Å². The molecular formula is C21H25N3O2. The molecule has 0 spiro atoms. The van der Waals surface area contributed by atoms with Gasteiger partial charge in [0, 0.05) is 31.2 Å². The molecule has 0 saturated carbocycles. The van der Waals surface area contributed by atoms with Gasteiger partial charge in [0.2, 0.25) is 0 Å². The van der Waals surface area contributed by atoms with Gasteiger partial charge >= 0.3 is 0 Å². The largest absolute Gasteiger partial charge is 0.338 e. The number of aryl methyl sites for hydroxylation is 2. The number of aromatic amines is 1. The van der Waals surface area contributed by atoms with Gasteiger partial charge in [0.15, 0.2) is 0 Å². The lowest BCUT2D eigenvalue weighted by Crippen LogP contribution is -2.42. The highest BCUT2D eigenvalue weighted by atomic mass is 16.2. The fourth-order valence-corrected chi connectivity index (χ4v) is 4.27. The number of amides is 1. The van der Waals surface area contributed by atoms with Crippen LogP contribution in [0.25, 0.3) is 0 Å². The normalized spacial score (nSPS) is 19.8. The lowest BCUT2D eigenvalue weighted by molar-refractivity contribution is 0.0671. The fraction of sp³-hybridized carbons (Fsp3) is 0.476. The minimum absolute atomic E-state index is 0.115. The van der Waals surface area contributed by atoms with Crippen molar-refractivity contribution in [1.82, 2.24) is 14.9 Å². The third-order valence-electron chi connectivity index (χ3n) is 5.62. The molecule has 3 heterocycles. The summed E-state index contributed by atoms with van der Waals surface area (Å²) >= 11 is 0. The van der Waals surface area contributed by atoms with Gasteiger partial charge < -0.3 is 9.88 Å². The van der Waals surface area contributed by atoms with Gasteiger partial charge in [-0.3, -0.25) is 14.6 Å². The molecule has 0 aromatic carbocycles. The van der Waals surface area contributed by atoms with E-state index in [2.05, 4.69) is 16.0 Å². The molecule has 0 unspecified atom stereocenters. The van der Waals surface area contributed by atoms with Crippen molar-refractivity contribution in [2.24, 2.45) is 5.92 Å². The molecule has 1 atom stereocenters. The summed E-state index contributed by atoms with van der Waals surface area (Å²) < 4.78 is 0. The van der Waals surface area contributed by atoms with E-state index in [0.29, 0.717) is 18.0 Å². The molecule has 0 radical (unpaired) electrons. The molecule has 5 heteroatoms. The van der Waals surface area contributed by atoms with Crippen LogP contribution >= 0.6 is 0 Å². The molecular weight excluding hydrogens is 326 g/mol. The number of aromatic nitrogens is 2. The van der Waals surface area contributed by atoms with Crippen LogP contribution in [0.4, 0.5) is 0 Å². The zero-order valence-electron chi connectivity index (χ0n) is 15.0. The van der Waals surface area contributed by atoms with Crippen LogP contribution in [0.3, 0.4) is 0 Å². The molecule has 2 aromatic heterocycles. The summed E-state index contributed by atoms with van der Waals surface area (Å²) in [5, 5.41) is 0. The van der Waals surface area contributed by atoms with Gasteiger partial charge in [0.1, 0.15) is 5.56 Å². The van der Waals surface area contributed by atoms with Crippen LogP contribution in [0.1, 0.15) is 52.9 Å². The highest BCUT2D eigenvalue weighted by molar-refractivity contribution is 5.94. The van der Waals surface area contributed by atoms with Crippen molar-refractivity contribution in [2.45, 2.75) is 44.9 Å². The van der Waals surface area contributed by atoms with E-state index in [4.69, 9.17) is 0 Å². The van der Waals surface area contributed by atoms with Gasteiger partial charge in [-0.05, 0) is 74.1 Å². The highest BCUT2D eigenvalue weighted by Gasteiger charge is 2.27. The summed E-state index contributed by atoms with van der Waals surface area (Å²) in [6.07, 6.45) is 10.8. The Kier molecular flexibility index (Phi) is 4.87. The Labute approximate surface area is 153 Å². The van der Waals surface area contributed by atoms with Gasteiger partial charge in [-0.25, -0.2) is 0 Å². The van der Waals surface area contributed by atoms with Crippen LogP contribution in [-0.4, -0.2) is 33.9 Å². The Morgan fingerprint density at radius 3 is 3.00 bits per heavy atom. The molecule has 2 aliphatic rings. The smallest absolute Gasteiger partial charge is 0.261 e. The standard InChI is InChI=1S/C21H25N3O2/c25-20-18(12-17-7-1-2-8-19(17)23-20)21(26)24-10-4-6-16(14-24)11-15-5-3-9-22-13-15/h3,5,9,12-13,16H,1-2,4,6-8,10-11,14H2,(H,23,25)/t16-/m0/s1. The Morgan fingerprint density at radius 2 is 2.15 bits per heavy atom. The number of fused-ring (bicyclic) bond motifs is 1. The van der Waals surface area contributed by atoms with E-state index in [-0.39, 0.29) is 11.5 Å². The van der Waals surface area contributed by atoms with Crippen molar-refractivity contribution >= 4 is 5.91 Å². The number of likely N-dealkylation sites (tertiary alicyclic amines) is 1. The van der Waals surface area contributed by atoms with E-state index < -0.39 is 0 Å². The second-order valence-electron chi connectivity index (χ2n) is 7.55. The SMILES string of the molecule is O=C(c1cc2c([nH]c1=O)CCCC2)N1CCC[C@@H](Cc2cccnc2)C1. The molecule has 1 saturated heterocycles. The summed E-state index contributed by atoms with van der Waals surface area (Å²) in [5.74, 6) is 0.309. The number of nitrogens with one attached hydrogen (secondary N) is 1. The predicted molar refractivity (Wildman–Crippen MR) is 100 cm³/mol.